The topological polar surface area (TPSA) is 79.0 Å². The predicted molar refractivity (Wildman–Crippen MR) is 223 cm³/mol. The molecule has 0 N–H and O–H groups in total. The van der Waals surface area contributed by atoms with Crippen molar-refractivity contribution in [3.05, 3.63) is 199 Å². The summed E-state index contributed by atoms with van der Waals surface area (Å²) in [4.78, 5) is 36.2. The number of benzene rings is 7. The molecule has 0 fully saturated rings. The Labute approximate surface area is 322 Å². The number of hydrogen-bond acceptors (Lipinski definition) is 4. The van der Waals surface area contributed by atoms with Crippen LogP contribution in [0.4, 0.5) is 5.69 Å². The van der Waals surface area contributed by atoms with Gasteiger partial charge in [0, 0.05) is 27.5 Å². The first-order chi connectivity index (χ1) is 27.6. The maximum atomic E-state index is 15.3. The van der Waals surface area contributed by atoms with Gasteiger partial charge in [0.2, 0.25) is 0 Å². The molecule has 0 saturated carbocycles. The minimum absolute atomic E-state index is 0.328. The van der Waals surface area contributed by atoms with E-state index in [2.05, 4.69) is 52.0 Å². The Morgan fingerprint density at radius 1 is 0.464 bits per heavy atom. The fraction of sp³-hybridized carbons (Fsp3) is 0. The van der Waals surface area contributed by atoms with Crippen molar-refractivity contribution in [2.24, 2.45) is 0 Å². The fourth-order valence-corrected chi connectivity index (χ4v) is 8.05. The third-order valence-electron chi connectivity index (χ3n) is 10.6. The van der Waals surface area contributed by atoms with Gasteiger partial charge in [-0.2, -0.15) is 5.26 Å². The molecule has 9 aromatic rings. The average Bonchev–Trinajstić information content (AvgIpc) is 3.73. The Morgan fingerprint density at radius 3 is 1.75 bits per heavy atom. The van der Waals surface area contributed by atoms with Gasteiger partial charge in [0.25, 0.3) is 11.8 Å². The molecule has 2 amide bonds. The summed E-state index contributed by atoms with van der Waals surface area (Å²) in [5.41, 5.74) is 10.7. The van der Waals surface area contributed by atoms with Gasteiger partial charge in [-0.05, 0) is 70.8 Å². The second kappa shape index (κ2) is 13.2. The van der Waals surface area contributed by atoms with Gasteiger partial charge in [0.1, 0.15) is 11.8 Å². The average molecular weight is 719 g/mol. The number of rotatable bonds is 6. The van der Waals surface area contributed by atoms with E-state index in [0.29, 0.717) is 33.9 Å². The molecular formula is C50H30N4O2. The van der Waals surface area contributed by atoms with Crippen LogP contribution in [0.15, 0.2) is 182 Å². The Hall–Kier alpha value is -7.88. The molecule has 262 valence electrons. The van der Waals surface area contributed by atoms with Crippen molar-refractivity contribution in [2.75, 3.05) is 4.90 Å². The SMILES string of the molecule is N#Cc1cccc(-c2ccc3c4ccccc4n(-c4cccc5c4C(=O)N(c4c(-c6ccccc6)cc(-c6ccccc6)cc4-c4ccccc4)C5=O)c3c2)n1. The lowest BCUT2D eigenvalue weighted by Gasteiger charge is -2.24. The van der Waals surface area contributed by atoms with Gasteiger partial charge in [-0.15, -0.1) is 0 Å². The second-order valence-electron chi connectivity index (χ2n) is 13.8. The van der Waals surface area contributed by atoms with E-state index >= 15 is 4.79 Å². The van der Waals surface area contributed by atoms with Crippen molar-refractivity contribution >= 4 is 39.3 Å². The molecule has 6 heteroatoms. The minimum Gasteiger partial charge on any atom is -0.308 e. The summed E-state index contributed by atoms with van der Waals surface area (Å²) in [6.45, 7) is 0. The first-order valence-electron chi connectivity index (χ1n) is 18.4. The lowest BCUT2D eigenvalue weighted by atomic mass is 9.90. The van der Waals surface area contributed by atoms with Gasteiger partial charge in [0.05, 0.1) is 39.2 Å². The van der Waals surface area contributed by atoms with E-state index in [4.69, 9.17) is 0 Å². The first kappa shape index (κ1) is 32.7. The molecule has 0 bridgehead atoms. The van der Waals surface area contributed by atoms with Crippen LogP contribution in [-0.2, 0) is 0 Å². The third-order valence-corrected chi connectivity index (χ3v) is 10.6. The quantitative estimate of drug-likeness (QED) is 0.160. The van der Waals surface area contributed by atoms with Gasteiger partial charge in [-0.1, -0.05) is 133 Å². The molecule has 10 rings (SSSR count). The van der Waals surface area contributed by atoms with Crippen molar-refractivity contribution in [2.45, 2.75) is 0 Å². The van der Waals surface area contributed by atoms with Crippen molar-refractivity contribution in [3.8, 4) is 56.4 Å². The maximum absolute atomic E-state index is 15.3. The van der Waals surface area contributed by atoms with Crippen LogP contribution in [0.2, 0.25) is 0 Å². The van der Waals surface area contributed by atoms with E-state index in [1.54, 1.807) is 12.1 Å². The molecule has 0 spiro atoms. The number of para-hydroxylation sites is 1. The fourth-order valence-electron chi connectivity index (χ4n) is 8.05. The maximum Gasteiger partial charge on any atom is 0.268 e. The van der Waals surface area contributed by atoms with Gasteiger partial charge < -0.3 is 4.57 Å². The van der Waals surface area contributed by atoms with Crippen molar-refractivity contribution in [3.63, 3.8) is 0 Å². The predicted octanol–water partition coefficient (Wildman–Crippen LogP) is 11.5. The molecule has 0 unspecified atom stereocenters. The van der Waals surface area contributed by atoms with Crippen LogP contribution in [0, 0.1) is 11.3 Å². The summed E-state index contributed by atoms with van der Waals surface area (Å²) >= 11 is 0. The Bertz CT molecular complexity index is 3010. The molecule has 7 aromatic carbocycles. The number of aromatic nitrogens is 2. The second-order valence-corrected chi connectivity index (χ2v) is 13.8. The zero-order valence-electron chi connectivity index (χ0n) is 29.9. The number of carbonyl (C=O) groups is 2. The van der Waals surface area contributed by atoms with E-state index in [0.717, 1.165) is 60.8 Å². The van der Waals surface area contributed by atoms with Gasteiger partial charge in [0.15, 0.2) is 0 Å². The minimum atomic E-state index is -0.395. The van der Waals surface area contributed by atoms with Crippen molar-refractivity contribution in [1.82, 2.24) is 9.55 Å². The largest absolute Gasteiger partial charge is 0.308 e. The van der Waals surface area contributed by atoms with Crippen LogP contribution in [0.1, 0.15) is 26.4 Å². The molecule has 0 radical (unpaired) electrons. The Kier molecular flexibility index (Phi) is 7.72. The first-order valence-corrected chi connectivity index (χ1v) is 18.4. The Morgan fingerprint density at radius 2 is 1.07 bits per heavy atom. The van der Waals surface area contributed by atoms with E-state index < -0.39 is 5.91 Å². The summed E-state index contributed by atoms with van der Waals surface area (Å²) in [7, 11) is 0. The van der Waals surface area contributed by atoms with E-state index in [1.165, 1.54) is 4.90 Å². The molecule has 2 aromatic heterocycles. The standard InChI is InChI=1S/C50H30N4O2/c51-31-37-20-12-23-43(52-37)35-26-27-39-38-21-10-11-24-44(38)53(46(39)30-35)45-25-13-22-40-47(45)50(56)54(49(40)55)48-41(33-16-6-2-7-17-33)28-36(32-14-4-1-5-15-32)29-42(48)34-18-8-3-9-19-34/h1-30H. The van der Waals surface area contributed by atoms with Crippen LogP contribution in [0.25, 0.3) is 72.1 Å². The van der Waals surface area contributed by atoms with Crippen LogP contribution >= 0.6 is 0 Å². The van der Waals surface area contributed by atoms with Crippen LogP contribution in [0.3, 0.4) is 0 Å². The number of anilines is 1. The third kappa shape index (κ3) is 5.22. The highest BCUT2D eigenvalue weighted by atomic mass is 16.2. The van der Waals surface area contributed by atoms with Crippen LogP contribution < -0.4 is 4.90 Å². The highest BCUT2D eigenvalue weighted by Gasteiger charge is 2.41. The Balaban J connectivity index is 1.22. The van der Waals surface area contributed by atoms with Gasteiger partial charge in [-0.3, -0.25) is 9.59 Å². The van der Waals surface area contributed by atoms with Gasteiger partial charge >= 0.3 is 0 Å². The molecule has 0 saturated heterocycles. The molecule has 0 aliphatic carbocycles. The number of fused-ring (bicyclic) bond motifs is 4. The number of imide groups is 1. The number of nitrogens with zero attached hydrogens (tertiary/aromatic N) is 4. The summed E-state index contributed by atoms with van der Waals surface area (Å²) in [5, 5.41) is 11.6. The van der Waals surface area contributed by atoms with Crippen LogP contribution in [-0.4, -0.2) is 21.4 Å². The molecule has 0 atom stereocenters. The van der Waals surface area contributed by atoms with Crippen LogP contribution in [0.5, 0.6) is 0 Å². The zero-order valence-corrected chi connectivity index (χ0v) is 29.9. The van der Waals surface area contributed by atoms with Crippen molar-refractivity contribution < 1.29 is 9.59 Å². The normalized spacial score (nSPS) is 12.3. The molecule has 6 nitrogen and oxygen atoms in total. The van der Waals surface area contributed by atoms with E-state index in [1.807, 2.05) is 133 Å². The number of pyridine rings is 1. The highest BCUT2D eigenvalue weighted by Crippen LogP contribution is 2.47. The molecular weight excluding hydrogens is 689 g/mol. The van der Waals surface area contributed by atoms with E-state index in [9.17, 15) is 10.1 Å². The highest BCUT2D eigenvalue weighted by molar-refractivity contribution is 6.37. The molecule has 1 aliphatic heterocycles. The summed E-state index contributed by atoms with van der Waals surface area (Å²) in [5.74, 6) is -0.777. The zero-order chi connectivity index (χ0) is 37.8. The number of carbonyl (C=O) groups excluding carboxylic acids is 2. The summed E-state index contributed by atoms with van der Waals surface area (Å²) < 4.78 is 2.07. The lowest BCUT2D eigenvalue weighted by molar-refractivity contribution is 0.0926. The number of amides is 2. The van der Waals surface area contributed by atoms with Gasteiger partial charge in [-0.25, -0.2) is 9.88 Å². The number of hydrogen-bond donors (Lipinski definition) is 0. The monoisotopic (exact) mass is 718 g/mol. The molecule has 1 aliphatic rings. The summed E-state index contributed by atoms with van der Waals surface area (Å²) in [6, 6.07) is 61.4. The van der Waals surface area contributed by atoms with Crippen molar-refractivity contribution in [1.29, 1.82) is 5.26 Å². The smallest absolute Gasteiger partial charge is 0.268 e. The molecule has 56 heavy (non-hydrogen) atoms. The molecule has 3 heterocycles. The van der Waals surface area contributed by atoms with E-state index in [-0.39, 0.29) is 5.91 Å². The summed E-state index contributed by atoms with van der Waals surface area (Å²) in [6.07, 6.45) is 0. The number of nitriles is 1. The lowest BCUT2D eigenvalue weighted by Crippen LogP contribution is -2.30.